The molecule has 0 aliphatic heterocycles. The fourth-order valence-electron chi connectivity index (χ4n) is 1.04. The van der Waals surface area contributed by atoms with Gasteiger partial charge in [0, 0.05) is 5.56 Å². The van der Waals surface area contributed by atoms with Gasteiger partial charge < -0.3 is 5.32 Å². The Kier molecular flexibility index (Phi) is 4.99. The molecule has 1 aromatic rings. The molecule has 0 saturated carbocycles. The van der Waals surface area contributed by atoms with E-state index >= 15 is 0 Å². The summed E-state index contributed by atoms with van der Waals surface area (Å²) >= 11 is 29.5. The van der Waals surface area contributed by atoms with Crippen LogP contribution < -0.4 is 5.32 Å². The summed E-state index contributed by atoms with van der Waals surface area (Å²) in [6.07, 6.45) is 1.03. The van der Waals surface area contributed by atoms with E-state index in [-0.39, 0.29) is 20.6 Å². The molecule has 92 valence electrons. The highest BCUT2D eigenvalue weighted by atomic mass is 35.5. The minimum absolute atomic E-state index is 0.0773. The summed E-state index contributed by atoms with van der Waals surface area (Å²) in [7, 11) is 0. The molecular formula is C10H6Cl5NO. The Hall–Kier alpha value is -0.120. The lowest BCUT2D eigenvalue weighted by Crippen LogP contribution is -2.36. The van der Waals surface area contributed by atoms with Crippen molar-refractivity contribution in [3.63, 3.8) is 0 Å². The van der Waals surface area contributed by atoms with Crippen molar-refractivity contribution in [3.8, 4) is 0 Å². The minimum Gasteiger partial charge on any atom is -0.317 e. The zero-order chi connectivity index (χ0) is 13.2. The molecule has 7 heteroatoms. The van der Waals surface area contributed by atoms with Crippen molar-refractivity contribution >= 4 is 63.9 Å². The van der Waals surface area contributed by atoms with Crippen LogP contribution in [0.15, 0.2) is 24.8 Å². The Morgan fingerprint density at radius 2 is 1.82 bits per heavy atom. The summed E-state index contributed by atoms with van der Waals surface area (Å²) in [5.41, 5.74) is 0.229. The number of rotatable bonds is 3. The molecule has 0 spiro atoms. The first-order valence-electron chi connectivity index (χ1n) is 4.26. The largest absolute Gasteiger partial charge is 0.317 e. The van der Waals surface area contributed by atoms with Gasteiger partial charge in [-0.2, -0.15) is 0 Å². The van der Waals surface area contributed by atoms with E-state index in [1.807, 2.05) is 0 Å². The smallest absolute Gasteiger partial charge is 0.245 e. The van der Waals surface area contributed by atoms with Gasteiger partial charge in [-0.3, -0.25) is 4.79 Å². The lowest BCUT2D eigenvalue weighted by molar-refractivity contribution is -0.117. The number of benzene rings is 1. The van der Waals surface area contributed by atoms with E-state index in [2.05, 4.69) is 11.9 Å². The molecule has 0 aromatic heterocycles. The van der Waals surface area contributed by atoms with Crippen LogP contribution in [-0.4, -0.2) is 5.91 Å². The Labute approximate surface area is 123 Å². The summed E-state index contributed by atoms with van der Waals surface area (Å²) in [5, 5.41) is 2.75. The van der Waals surface area contributed by atoms with Gasteiger partial charge in [-0.25, -0.2) is 0 Å². The first-order valence-corrected chi connectivity index (χ1v) is 6.15. The number of carbonyl (C=O) groups is 1. The summed E-state index contributed by atoms with van der Waals surface area (Å²) < 4.78 is -1.71. The number of halogens is 5. The van der Waals surface area contributed by atoms with Crippen LogP contribution in [0.2, 0.25) is 15.1 Å². The molecule has 0 saturated heterocycles. The van der Waals surface area contributed by atoms with Crippen LogP contribution in [-0.2, 0) is 9.25 Å². The predicted octanol–water partition coefficient (Wildman–Crippen LogP) is 4.54. The van der Waals surface area contributed by atoms with E-state index < -0.39 is 10.4 Å². The average Bonchev–Trinajstić information content (AvgIpc) is 2.24. The number of hydrogen-bond acceptors (Lipinski definition) is 1. The van der Waals surface area contributed by atoms with E-state index in [1.54, 1.807) is 0 Å². The summed E-state index contributed by atoms with van der Waals surface area (Å²) in [6, 6.07) is 2.95. The molecule has 0 unspecified atom stereocenters. The standard InChI is InChI=1S/C10H6Cl5NO/c1-2-7(17)16-10(14,15)5-3-4-6(11)9(13)8(5)12/h2-4H,1H2,(H,16,17). The fraction of sp³-hybridized carbons (Fsp3) is 0.100. The maximum Gasteiger partial charge on any atom is 0.245 e. The maximum absolute atomic E-state index is 11.2. The van der Waals surface area contributed by atoms with Crippen molar-refractivity contribution < 1.29 is 4.79 Å². The van der Waals surface area contributed by atoms with Gasteiger partial charge in [-0.05, 0) is 12.1 Å². The van der Waals surface area contributed by atoms with Crippen LogP contribution in [0, 0.1) is 0 Å². The fourth-order valence-corrected chi connectivity index (χ4v) is 2.32. The van der Waals surface area contributed by atoms with Gasteiger partial charge in [0.05, 0.1) is 15.1 Å². The molecule has 0 atom stereocenters. The number of hydrogen-bond donors (Lipinski definition) is 1. The van der Waals surface area contributed by atoms with Gasteiger partial charge in [0.15, 0.2) is 0 Å². The Bertz CT molecular complexity index is 472. The molecule has 0 heterocycles. The Morgan fingerprint density at radius 3 is 2.35 bits per heavy atom. The van der Waals surface area contributed by atoms with Crippen molar-refractivity contribution in [2.75, 3.05) is 0 Å². The second kappa shape index (κ2) is 5.68. The monoisotopic (exact) mass is 331 g/mol. The van der Waals surface area contributed by atoms with Crippen LogP contribution in [0.4, 0.5) is 0 Å². The van der Waals surface area contributed by atoms with Gasteiger partial charge in [-0.15, -0.1) is 0 Å². The first-order chi connectivity index (χ1) is 7.79. The average molecular weight is 333 g/mol. The van der Waals surface area contributed by atoms with Crippen LogP contribution >= 0.6 is 58.0 Å². The highest BCUT2D eigenvalue weighted by Gasteiger charge is 2.31. The first kappa shape index (κ1) is 14.9. The van der Waals surface area contributed by atoms with Gasteiger partial charge in [-0.1, -0.05) is 70.7 Å². The zero-order valence-electron chi connectivity index (χ0n) is 8.24. The van der Waals surface area contributed by atoms with E-state index in [9.17, 15) is 4.79 Å². The van der Waals surface area contributed by atoms with Crippen molar-refractivity contribution in [2.45, 2.75) is 4.46 Å². The third-order valence-electron chi connectivity index (χ3n) is 1.84. The lowest BCUT2D eigenvalue weighted by Gasteiger charge is -2.22. The molecule has 1 amide bonds. The Morgan fingerprint density at radius 1 is 1.24 bits per heavy atom. The molecule has 0 aliphatic rings. The van der Waals surface area contributed by atoms with Crippen LogP contribution in [0.25, 0.3) is 0 Å². The van der Waals surface area contributed by atoms with Gasteiger partial charge in [0.2, 0.25) is 10.4 Å². The van der Waals surface area contributed by atoms with E-state index in [0.29, 0.717) is 0 Å². The van der Waals surface area contributed by atoms with E-state index in [0.717, 1.165) is 6.08 Å². The van der Waals surface area contributed by atoms with E-state index in [1.165, 1.54) is 12.1 Å². The van der Waals surface area contributed by atoms with Crippen LogP contribution in [0.5, 0.6) is 0 Å². The van der Waals surface area contributed by atoms with Gasteiger partial charge in [0.25, 0.3) is 0 Å². The molecule has 0 aliphatic carbocycles. The molecule has 1 rings (SSSR count). The molecule has 0 radical (unpaired) electrons. The number of amides is 1. The maximum atomic E-state index is 11.2. The second-order valence-corrected chi connectivity index (χ2v) is 5.48. The molecule has 0 bridgehead atoms. The van der Waals surface area contributed by atoms with E-state index in [4.69, 9.17) is 58.0 Å². The van der Waals surface area contributed by atoms with Crippen molar-refractivity contribution in [2.24, 2.45) is 0 Å². The molecule has 2 nitrogen and oxygen atoms in total. The van der Waals surface area contributed by atoms with Crippen LogP contribution in [0.3, 0.4) is 0 Å². The topological polar surface area (TPSA) is 29.1 Å². The molecule has 17 heavy (non-hydrogen) atoms. The highest BCUT2D eigenvalue weighted by molar-refractivity contribution is 6.52. The highest BCUT2D eigenvalue weighted by Crippen LogP contribution is 2.41. The van der Waals surface area contributed by atoms with Crippen molar-refractivity contribution in [3.05, 3.63) is 45.4 Å². The third-order valence-corrected chi connectivity index (χ3v) is 3.73. The van der Waals surface area contributed by atoms with Gasteiger partial charge >= 0.3 is 0 Å². The quantitative estimate of drug-likeness (QED) is 0.374. The minimum atomic E-state index is -1.71. The normalized spacial score (nSPS) is 11.1. The number of nitrogens with one attached hydrogen (secondary N) is 1. The summed E-state index contributed by atoms with van der Waals surface area (Å²) in [6.45, 7) is 3.28. The molecule has 1 aromatic carbocycles. The number of alkyl halides is 2. The number of carbonyl (C=O) groups excluding carboxylic acids is 1. The predicted molar refractivity (Wildman–Crippen MR) is 73.2 cm³/mol. The third kappa shape index (κ3) is 3.43. The second-order valence-electron chi connectivity index (χ2n) is 2.99. The Balaban J connectivity index is 3.19. The SMILES string of the molecule is C=CC(=O)NC(Cl)(Cl)c1ccc(Cl)c(Cl)c1Cl. The van der Waals surface area contributed by atoms with Crippen molar-refractivity contribution in [1.82, 2.24) is 5.32 Å². The van der Waals surface area contributed by atoms with Gasteiger partial charge in [0.1, 0.15) is 0 Å². The lowest BCUT2D eigenvalue weighted by atomic mass is 10.2. The molecule has 0 fully saturated rings. The zero-order valence-corrected chi connectivity index (χ0v) is 12.0. The van der Waals surface area contributed by atoms with Crippen molar-refractivity contribution in [1.29, 1.82) is 0 Å². The summed E-state index contributed by atoms with van der Waals surface area (Å²) in [4.78, 5) is 11.2. The van der Waals surface area contributed by atoms with Crippen LogP contribution in [0.1, 0.15) is 5.56 Å². The summed E-state index contributed by atoms with van der Waals surface area (Å²) in [5.74, 6) is -0.544. The molecule has 1 N–H and O–H groups in total. The molecular weight excluding hydrogens is 327 g/mol.